The second-order valence-corrected chi connectivity index (χ2v) is 10.8. The van der Waals surface area contributed by atoms with Crippen molar-refractivity contribution in [2.75, 3.05) is 47.5 Å². The number of allylic oxidation sites excluding steroid dienone is 2. The molecule has 0 amide bonds. The van der Waals surface area contributed by atoms with Crippen LogP contribution in [0.5, 0.6) is 23.0 Å². The molecule has 0 saturated carbocycles. The third kappa shape index (κ3) is 8.15. The van der Waals surface area contributed by atoms with E-state index in [0.29, 0.717) is 42.6 Å². The van der Waals surface area contributed by atoms with Crippen LogP contribution in [0.2, 0.25) is 0 Å². The van der Waals surface area contributed by atoms with E-state index in [0.717, 1.165) is 23.0 Å². The Labute approximate surface area is 225 Å². The van der Waals surface area contributed by atoms with Crippen molar-refractivity contribution in [2.45, 2.75) is 34.1 Å². The second kappa shape index (κ2) is 12.7. The molecule has 0 unspecified atom stereocenters. The maximum Gasteiger partial charge on any atom is 0.239 e. The van der Waals surface area contributed by atoms with Crippen molar-refractivity contribution in [2.24, 2.45) is 0 Å². The summed E-state index contributed by atoms with van der Waals surface area (Å²) in [5, 5.41) is 10.8. The van der Waals surface area contributed by atoms with Crippen molar-refractivity contribution in [1.82, 2.24) is 0 Å². The number of quaternary nitrogens is 1. The molecule has 1 N–H and O–H groups in total. The Morgan fingerprint density at radius 1 is 0.895 bits per heavy atom. The summed E-state index contributed by atoms with van der Waals surface area (Å²) in [6.07, 6.45) is 4.68. The molecule has 0 spiro atoms. The number of hydrogen-bond donors (Lipinski definition) is 1. The van der Waals surface area contributed by atoms with E-state index in [1.807, 2.05) is 64.1 Å². The Hall–Kier alpha value is -3.71. The van der Waals surface area contributed by atoms with Crippen molar-refractivity contribution < 1.29 is 28.2 Å². The van der Waals surface area contributed by atoms with E-state index in [1.54, 1.807) is 6.07 Å². The molecule has 0 saturated heterocycles. The van der Waals surface area contributed by atoms with Gasteiger partial charge in [0.05, 0.1) is 34.3 Å². The summed E-state index contributed by atoms with van der Waals surface area (Å²) < 4.78 is 24.6. The predicted molar refractivity (Wildman–Crippen MR) is 152 cm³/mol. The quantitative estimate of drug-likeness (QED) is 0.170. The van der Waals surface area contributed by atoms with Crippen LogP contribution in [0.1, 0.15) is 34.1 Å². The van der Waals surface area contributed by atoms with E-state index in [1.165, 1.54) is 11.6 Å². The van der Waals surface area contributed by atoms with Crippen LogP contribution in [0.15, 0.2) is 68.9 Å². The van der Waals surface area contributed by atoms with E-state index < -0.39 is 5.43 Å². The van der Waals surface area contributed by atoms with Crippen molar-refractivity contribution in [3.05, 3.63) is 69.9 Å². The van der Waals surface area contributed by atoms with Gasteiger partial charge in [-0.2, -0.15) is 0 Å². The number of hydrogen-bond acceptors (Lipinski definition) is 6. The molecular formula is C31H40NO6+. The summed E-state index contributed by atoms with van der Waals surface area (Å²) in [4.78, 5) is 13.6. The zero-order valence-corrected chi connectivity index (χ0v) is 23.6. The van der Waals surface area contributed by atoms with Crippen LogP contribution < -0.4 is 19.6 Å². The topological polar surface area (TPSA) is 78.1 Å². The fraction of sp³-hybridized carbons (Fsp3) is 0.387. The molecule has 1 heterocycles. The first-order valence-corrected chi connectivity index (χ1v) is 12.8. The van der Waals surface area contributed by atoms with Gasteiger partial charge in [0.1, 0.15) is 41.4 Å². The van der Waals surface area contributed by atoms with Crippen molar-refractivity contribution in [3.63, 3.8) is 0 Å². The van der Waals surface area contributed by atoms with Gasteiger partial charge in [0, 0.05) is 24.1 Å². The van der Waals surface area contributed by atoms with E-state index >= 15 is 0 Å². The highest BCUT2D eigenvalue weighted by Crippen LogP contribution is 2.36. The lowest BCUT2D eigenvalue weighted by Gasteiger charge is -2.23. The summed E-state index contributed by atoms with van der Waals surface area (Å²) in [5.41, 5.74) is 2.75. The van der Waals surface area contributed by atoms with Gasteiger partial charge in [-0.1, -0.05) is 11.1 Å². The number of rotatable bonds is 12. The lowest BCUT2D eigenvalue weighted by Crippen LogP contribution is -2.36. The molecule has 204 valence electrons. The van der Waals surface area contributed by atoms with Crippen LogP contribution in [-0.2, 0) is 0 Å². The first kappa shape index (κ1) is 28.9. The number of ether oxygens (including phenoxy) is 3. The largest absolute Gasteiger partial charge is 0.507 e. The number of phenols is 1. The SMILES string of the molecule is CC(C)=CCOc1ccc(-c2oc3cc(OCC=C(C)C)cc(O)c3c(=O)c2OCCC[N+](C)(C)C)cc1. The molecule has 0 fully saturated rings. The van der Waals surface area contributed by atoms with E-state index in [-0.39, 0.29) is 22.5 Å². The van der Waals surface area contributed by atoms with Crippen molar-refractivity contribution in [3.8, 4) is 34.3 Å². The minimum absolute atomic E-state index is 0.0617. The third-order valence-electron chi connectivity index (χ3n) is 5.73. The first-order valence-electron chi connectivity index (χ1n) is 12.8. The average molecular weight is 523 g/mol. The fourth-order valence-corrected chi connectivity index (χ4v) is 3.69. The summed E-state index contributed by atoms with van der Waals surface area (Å²) in [7, 11) is 6.31. The van der Waals surface area contributed by atoms with Gasteiger partial charge < -0.3 is 28.2 Å². The van der Waals surface area contributed by atoms with Crippen LogP contribution in [0.25, 0.3) is 22.3 Å². The Morgan fingerprint density at radius 3 is 2.08 bits per heavy atom. The first-order chi connectivity index (χ1) is 17.9. The Bertz CT molecular complexity index is 1350. The Kier molecular flexibility index (Phi) is 9.64. The van der Waals surface area contributed by atoms with Crippen LogP contribution in [0, 0.1) is 0 Å². The zero-order valence-electron chi connectivity index (χ0n) is 23.6. The lowest BCUT2D eigenvalue weighted by atomic mass is 10.1. The molecule has 0 aliphatic carbocycles. The summed E-state index contributed by atoms with van der Waals surface area (Å²) in [6.45, 7) is 10.0. The monoisotopic (exact) mass is 522 g/mol. The standard InChI is InChI=1S/C31H39NO6/c1-21(2)13-17-35-24-11-9-23(10-12-24)30-31(37-16-8-15-32(5,6)7)29(34)28-26(33)19-25(20-27(28)38-30)36-18-14-22(3)4/h9-14,19-20H,8,15-18H2,1-7H3/p+1. The third-order valence-corrected chi connectivity index (χ3v) is 5.73. The summed E-state index contributed by atoms with van der Waals surface area (Å²) >= 11 is 0. The minimum Gasteiger partial charge on any atom is -0.507 e. The maximum absolute atomic E-state index is 13.6. The molecule has 7 heteroatoms. The van der Waals surface area contributed by atoms with Gasteiger partial charge in [0.2, 0.25) is 11.2 Å². The van der Waals surface area contributed by atoms with Crippen LogP contribution >= 0.6 is 0 Å². The van der Waals surface area contributed by atoms with Gasteiger partial charge in [-0.3, -0.25) is 4.79 Å². The predicted octanol–water partition coefficient (Wildman–Crippen LogP) is 6.33. The average Bonchev–Trinajstić information content (AvgIpc) is 2.82. The van der Waals surface area contributed by atoms with Crippen LogP contribution in [0.3, 0.4) is 0 Å². The smallest absolute Gasteiger partial charge is 0.239 e. The molecule has 0 aliphatic rings. The molecule has 3 aromatic rings. The lowest BCUT2D eigenvalue weighted by molar-refractivity contribution is -0.870. The number of phenolic OH excluding ortho intramolecular Hbond substituents is 1. The number of benzene rings is 2. The van der Waals surface area contributed by atoms with E-state index in [2.05, 4.69) is 21.1 Å². The number of nitrogens with zero attached hydrogens (tertiary/aromatic N) is 1. The van der Waals surface area contributed by atoms with Gasteiger partial charge in [-0.05, 0) is 64.1 Å². The van der Waals surface area contributed by atoms with Gasteiger partial charge in [0.25, 0.3) is 0 Å². The Morgan fingerprint density at radius 2 is 1.50 bits per heavy atom. The van der Waals surface area contributed by atoms with Gasteiger partial charge in [-0.15, -0.1) is 0 Å². The molecule has 7 nitrogen and oxygen atoms in total. The maximum atomic E-state index is 13.6. The molecule has 1 aromatic heterocycles. The Balaban J connectivity index is 2.02. The van der Waals surface area contributed by atoms with Gasteiger partial charge in [0.15, 0.2) is 5.76 Å². The highest BCUT2D eigenvalue weighted by molar-refractivity contribution is 5.88. The molecule has 0 atom stereocenters. The van der Waals surface area contributed by atoms with E-state index in [4.69, 9.17) is 18.6 Å². The normalized spacial score (nSPS) is 11.2. The highest BCUT2D eigenvalue weighted by Gasteiger charge is 2.21. The highest BCUT2D eigenvalue weighted by atomic mass is 16.5. The molecule has 3 rings (SSSR count). The molecule has 38 heavy (non-hydrogen) atoms. The minimum atomic E-state index is -0.427. The summed E-state index contributed by atoms with van der Waals surface area (Å²) in [6, 6.07) is 10.4. The number of fused-ring (bicyclic) bond motifs is 1. The second-order valence-electron chi connectivity index (χ2n) is 10.8. The van der Waals surface area contributed by atoms with Gasteiger partial charge >= 0.3 is 0 Å². The molecule has 2 aromatic carbocycles. The van der Waals surface area contributed by atoms with Crippen LogP contribution in [0.4, 0.5) is 0 Å². The molecular weight excluding hydrogens is 482 g/mol. The van der Waals surface area contributed by atoms with Crippen molar-refractivity contribution in [1.29, 1.82) is 0 Å². The van der Waals surface area contributed by atoms with E-state index in [9.17, 15) is 9.90 Å². The van der Waals surface area contributed by atoms with Gasteiger partial charge in [-0.25, -0.2) is 0 Å². The van der Waals surface area contributed by atoms with Crippen LogP contribution in [-0.4, -0.2) is 57.1 Å². The summed E-state index contributed by atoms with van der Waals surface area (Å²) in [5.74, 6) is 1.26. The van der Waals surface area contributed by atoms with Crippen molar-refractivity contribution >= 4 is 11.0 Å². The molecule has 0 radical (unpaired) electrons. The molecule has 0 aliphatic heterocycles. The zero-order chi connectivity index (χ0) is 27.9. The number of aromatic hydroxyl groups is 1. The fourth-order valence-electron chi connectivity index (χ4n) is 3.69. The molecule has 0 bridgehead atoms.